The van der Waals surface area contributed by atoms with Crippen LogP contribution in [-0.2, 0) is 0 Å². The molecular weight excluding hydrogens is 254 g/mol. The highest BCUT2D eigenvalue weighted by Gasteiger charge is 2.17. The molecule has 1 aliphatic rings. The largest absolute Gasteiger partial charge is 0.326 e. The number of aromatic nitrogens is 2. The zero-order valence-electron chi connectivity index (χ0n) is 8.28. The van der Waals surface area contributed by atoms with Gasteiger partial charge in [0.05, 0.1) is 17.4 Å². The second kappa shape index (κ2) is 3.61. The van der Waals surface area contributed by atoms with Crippen molar-refractivity contribution in [3.05, 3.63) is 29.0 Å². The molecule has 0 bridgehead atoms. The second-order valence-corrected chi connectivity index (χ2v) is 4.85. The van der Waals surface area contributed by atoms with E-state index in [1.807, 2.05) is 12.4 Å². The van der Waals surface area contributed by atoms with E-state index in [1.54, 1.807) is 0 Å². The van der Waals surface area contributed by atoms with Crippen LogP contribution in [0, 0.1) is 0 Å². The molecule has 1 aromatic carbocycles. The molecule has 0 aliphatic carbocycles. The molecule has 0 radical (unpaired) electrons. The first-order valence-corrected chi connectivity index (χ1v) is 5.97. The Balaban J connectivity index is 2.13. The number of imidazole rings is 1. The van der Waals surface area contributed by atoms with Crippen molar-refractivity contribution >= 4 is 27.0 Å². The van der Waals surface area contributed by atoms with Crippen LogP contribution in [-0.4, -0.2) is 22.6 Å². The number of benzene rings is 1. The normalized spacial score (nSPS) is 21.3. The van der Waals surface area contributed by atoms with Crippen molar-refractivity contribution in [2.24, 2.45) is 0 Å². The lowest BCUT2D eigenvalue weighted by Crippen LogP contribution is -2.12. The van der Waals surface area contributed by atoms with Crippen LogP contribution in [0.2, 0.25) is 0 Å². The van der Waals surface area contributed by atoms with Crippen LogP contribution in [0.25, 0.3) is 11.0 Å². The molecule has 1 fully saturated rings. The summed E-state index contributed by atoms with van der Waals surface area (Å²) in [5, 5.41) is 3.38. The Hall–Kier alpha value is -0.870. The molecule has 2 aromatic rings. The Morgan fingerprint density at radius 2 is 2.40 bits per heavy atom. The van der Waals surface area contributed by atoms with E-state index in [0.717, 1.165) is 23.1 Å². The molecule has 1 saturated heterocycles. The number of rotatable bonds is 1. The molecule has 0 unspecified atom stereocenters. The van der Waals surface area contributed by atoms with Gasteiger partial charge in [-0.15, -0.1) is 0 Å². The van der Waals surface area contributed by atoms with Gasteiger partial charge in [0, 0.05) is 17.1 Å². The van der Waals surface area contributed by atoms with Gasteiger partial charge in [0.2, 0.25) is 0 Å². The highest BCUT2D eigenvalue weighted by Crippen LogP contribution is 2.24. The summed E-state index contributed by atoms with van der Waals surface area (Å²) in [6.07, 6.45) is 3.15. The minimum absolute atomic E-state index is 0.560. The number of halogens is 1. The van der Waals surface area contributed by atoms with Crippen molar-refractivity contribution in [1.29, 1.82) is 0 Å². The number of fused-ring (bicyclic) bond motifs is 1. The van der Waals surface area contributed by atoms with Gasteiger partial charge < -0.3 is 9.88 Å². The minimum Gasteiger partial charge on any atom is -0.326 e. The maximum Gasteiger partial charge on any atom is 0.0961 e. The summed E-state index contributed by atoms with van der Waals surface area (Å²) in [6.45, 7) is 2.16. The van der Waals surface area contributed by atoms with E-state index in [0.29, 0.717) is 6.04 Å². The number of hydrogen-bond acceptors (Lipinski definition) is 2. The first-order chi connectivity index (χ1) is 7.34. The number of nitrogens with zero attached hydrogens (tertiary/aromatic N) is 2. The van der Waals surface area contributed by atoms with Crippen LogP contribution >= 0.6 is 15.9 Å². The van der Waals surface area contributed by atoms with Crippen LogP contribution in [0.1, 0.15) is 12.5 Å². The minimum atomic E-state index is 0.560. The average molecular weight is 266 g/mol. The molecule has 0 spiro atoms. The van der Waals surface area contributed by atoms with Crippen LogP contribution in [0.5, 0.6) is 0 Å². The van der Waals surface area contributed by atoms with E-state index >= 15 is 0 Å². The zero-order chi connectivity index (χ0) is 10.3. The van der Waals surface area contributed by atoms with Crippen molar-refractivity contribution in [3.8, 4) is 0 Å². The maximum absolute atomic E-state index is 4.42. The monoisotopic (exact) mass is 265 g/mol. The van der Waals surface area contributed by atoms with Crippen molar-refractivity contribution in [2.75, 3.05) is 13.1 Å². The zero-order valence-corrected chi connectivity index (χ0v) is 9.87. The highest BCUT2D eigenvalue weighted by atomic mass is 79.9. The third-order valence-electron chi connectivity index (χ3n) is 2.96. The van der Waals surface area contributed by atoms with Gasteiger partial charge in [-0.05, 0) is 31.2 Å². The summed E-state index contributed by atoms with van der Waals surface area (Å²) in [5.41, 5.74) is 2.29. The Labute approximate surface area is 96.6 Å². The van der Waals surface area contributed by atoms with Crippen molar-refractivity contribution < 1.29 is 0 Å². The molecule has 0 amide bonds. The fourth-order valence-electron chi connectivity index (χ4n) is 2.17. The SMILES string of the molecule is Brc1ccc2ncn([C@@H]3CCNC3)c2c1. The van der Waals surface area contributed by atoms with Crippen LogP contribution in [0.15, 0.2) is 29.0 Å². The second-order valence-electron chi connectivity index (χ2n) is 3.93. The summed E-state index contributed by atoms with van der Waals surface area (Å²) in [7, 11) is 0. The Morgan fingerprint density at radius 3 is 3.20 bits per heavy atom. The molecule has 4 heteroatoms. The molecule has 78 valence electrons. The van der Waals surface area contributed by atoms with Crippen molar-refractivity contribution in [3.63, 3.8) is 0 Å². The fraction of sp³-hybridized carbons (Fsp3) is 0.364. The molecule has 1 atom stereocenters. The molecule has 1 N–H and O–H groups in total. The number of hydrogen-bond donors (Lipinski definition) is 1. The highest BCUT2D eigenvalue weighted by molar-refractivity contribution is 9.10. The summed E-state index contributed by atoms with van der Waals surface area (Å²) in [6, 6.07) is 6.79. The van der Waals surface area contributed by atoms with Gasteiger partial charge in [-0.25, -0.2) is 4.98 Å². The fourth-order valence-corrected chi connectivity index (χ4v) is 2.52. The van der Waals surface area contributed by atoms with Crippen molar-refractivity contribution in [1.82, 2.24) is 14.9 Å². The Morgan fingerprint density at radius 1 is 1.47 bits per heavy atom. The lowest BCUT2D eigenvalue weighted by atomic mass is 10.2. The quantitative estimate of drug-likeness (QED) is 0.858. The first-order valence-electron chi connectivity index (χ1n) is 5.17. The van der Waals surface area contributed by atoms with Gasteiger partial charge in [-0.2, -0.15) is 0 Å². The molecule has 3 rings (SSSR count). The Bertz CT molecular complexity index is 486. The summed E-state index contributed by atoms with van der Waals surface area (Å²) in [5.74, 6) is 0. The van der Waals surface area contributed by atoms with Crippen LogP contribution in [0.3, 0.4) is 0 Å². The molecule has 3 nitrogen and oxygen atoms in total. The summed E-state index contributed by atoms with van der Waals surface area (Å²) >= 11 is 3.50. The third-order valence-corrected chi connectivity index (χ3v) is 3.46. The molecule has 1 aromatic heterocycles. The van der Waals surface area contributed by atoms with Gasteiger partial charge in [0.25, 0.3) is 0 Å². The lowest BCUT2D eigenvalue weighted by Gasteiger charge is -2.11. The Kier molecular flexibility index (Phi) is 2.25. The molecule has 2 heterocycles. The average Bonchev–Trinajstić information content (AvgIpc) is 2.83. The topological polar surface area (TPSA) is 29.9 Å². The summed E-state index contributed by atoms with van der Waals surface area (Å²) < 4.78 is 3.39. The van der Waals surface area contributed by atoms with Gasteiger partial charge in [0.1, 0.15) is 0 Å². The lowest BCUT2D eigenvalue weighted by molar-refractivity contribution is 0.561. The van der Waals surface area contributed by atoms with Gasteiger partial charge in [0.15, 0.2) is 0 Å². The maximum atomic E-state index is 4.42. The molecule has 0 saturated carbocycles. The smallest absolute Gasteiger partial charge is 0.0961 e. The van der Waals surface area contributed by atoms with E-state index in [1.165, 1.54) is 11.9 Å². The predicted octanol–water partition coefficient (Wildman–Crippen LogP) is 2.33. The van der Waals surface area contributed by atoms with Gasteiger partial charge in [-0.3, -0.25) is 0 Å². The molecule has 1 aliphatic heterocycles. The van der Waals surface area contributed by atoms with Gasteiger partial charge in [-0.1, -0.05) is 15.9 Å². The molecule has 15 heavy (non-hydrogen) atoms. The van der Waals surface area contributed by atoms with E-state index in [9.17, 15) is 0 Å². The van der Waals surface area contributed by atoms with E-state index in [4.69, 9.17) is 0 Å². The standard InChI is InChI=1S/C11H12BrN3/c12-8-1-2-10-11(5-8)15(7-14-10)9-3-4-13-6-9/h1-2,5,7,9,13H,3-4,6H2/t9-/m1/s1. The van der Waals surface area contributed by atoms with E-state index in [2.05, 4.69) is 42.9 Å². The summed E-state index contributed by atoms with van der Waals surface area (Å²) in [4.78, 5) is 4.42. The first kappa shape index (κ1) is 9.36. The predicted molar refractivity (Wildman–Crippen MR) is 64.0 cm³/mol. The number of nitrogens with one attached hydrogen (secondary N) is 1. The van der Waals surface area contributed by atoms with Crippen molar-refractivity contribution in [2.45, 2.75) is 12.5 Å². The third kappa shape index (κ3) is 1.58. The van der Waals surface area contributed by atoms with Crippen LogP contribution < -0.4 is 5.32 Å². The van der Waals surface area contributed by atoms with Gasteiger partial charge >= 0.3 is 0 Å². The van der Waals surface area contributed by atoms with E-state index < -0.39 is 0 Å². The molecular formula is C11H12BrN3. The van der Waals surface area contributed by atoms with Crippen LogP contribution in [0.4, 0.5) is 0 Å². The van der Waals surface area contributed by atoms with E-state index in [-0.39, 0.29) is 0 Å².